The Morgan fingerprint density at radius 3 is 3.09 bits per heavy atom. The van der Waals surface area contributed by atoms with Crippen molar-refractivity contribution in [1.29, 1.82) is 0 Å². The van der Waals surface area contributed by atoms with Gasteiger partial charge in [0.25, 0.3) is 0 Å². The average Bonchev–Trinajstić information content (AvgIpc) is 2.92. The van der Waals surface area contributed by atoms with Crippen LogP contribution in [0.25, 0.3) is 0 Å². The molecule has 0 spiro atoms. The van der Waals surface area contributed by atoms with Crippen LogP contribution in [-0.4, -0.2) is 28.6 Å². The number of hydrogen-bond acceptors (Lipinski definition) is 5. The van der Waals surface area contributed by atoms with Gasteiger partial charge >= 0.3 is 5.97 Å². The fourth-order valence-electron chi connectivity index (χ4n) is 2.34. The number of fused-ring (bicyclic) bond motifs is 1. The number of carboxylic acid groups (broad SMARTS) is 1. The lowest BCUT2D eigenvalue weighted by molar-refractivity contribution is -0.136. The van der Waals surface area contributed by atoms with Gasteiger partial charge in [-0.3, -0.25) is 9.59 Å². The number of aliphatic carboxylic acids is 1. The lowest BCUT2D eigenvalue weighted by Gasteiger charge is -2.24. The summed E-state index contributed by atoms with van der Waals surface area (Å²) in [6.07, 6.45) is 0.375. The van der Waals surface area contributed by atoms with Crippen molar-refractivity contribution >= 4 is 39.9 Å². The number of amides is 1. The highest BCUT2D eigenvalue weighted by atomic mass is 35.5. The minimum absolute atomic E-state index is 0.162. The van der Waals surface area contributed by atoms with Gasteiger partial charge in [0.2, 0.25) is 5.91 Å². The quantitative estimate of drug-likeness (QED) is 0.883. The van der Waals surface area contributed by atoms with Crippen LogP contribution in [0.15, 0.2) is 23.6 Å². The van der Waals surface area contributed by atoms with Gasteiger partial charge in [-0.15, -0.1) is 11.3 Å². The van der Waals surface area contributed by atoms with Crippen molar-refractivity contribution in [3.8, 4) is 5.75 Å². The number of thiazole rings is 1. The molecule has 1 aromatic carbocycles. The molecule has 1 aliphatic heterocycles. The van der Waals surface area contributed by atoms with Crippen LogP contribution in [0.4, 0.5) is 5.13 Å². The number of rotatable bonds is 4. The first-order valence-electron chi connectivity index (χ1n) is 6.89. The van der Waals surface area contributed by atoms with Crippen molar-refractivity contribution in [3.63, 3.8) is 0 Å². The average molecular weight is 353 g/mol. The van der Waals surface area contributed by atoms with E-state index in [4.69, 9.17) is 21.4 Å². The van der Waals surface area contributed by atoms with Gasteiger partial charge in [0.05, 0.1) is 18.0 Å². The van der Waals surface area contributed by atoms with Crippen molar-refractivity contribution in [2.45, 2.75) is 12.8 Å². The summed E-state index contributed by atoms with van der Waals surface area (Å²) in [5.41, 5.74) is 1.32. The van der Waals surface area contributed by atoms with Gasteiger partial charge < -0.3 is 15.2 Å². The lowest BCUT2D eigenvalue weighted by Crippen LogP contribution is -2.32. The van der Waals surface area contributed by atoms with Gasteiger partial charge in [0.1, 0.15) is 12.4 Å². The fraction of sp³-hybridized carbons (Fsp3) is 0.267. The molecule has 3 rings (SSSR count). The Kier molecular flexibility index (Phi) is 4.49. The Labute approximate surface area is 141 Å². The van der Waals surface area contributed by atoms with E-state index in [2.05, 4.69) is 10.3 Å². The molecular weight excluding hydrogens is 340 g/mol. The first kappa shape index (κ1) is 15.8. The van der Waals surface area contributed by atoms with Crippen molar-refractivity contribution < 1.29 is 19.4 Å². The molecule has 1 amide bonds. The number of nitrogens with zero attached hydrogens (tertiary/aromatic N) is 1. The summed E-state index contributed by atoms with van der Waals surface area (Å²) in [7, 11) is 0. The first-order chi connectivity index (χ1) is 11.0. The smallest absolute Gasteiger partial charge is 0.309 e. The van der Waals surface area contributed by atoms with Gasteiger partial charge in [-0.25, -0.2) is 4.98 Å². The van der Waals surface area contributed by atoms with E-state index in [0.717, 1.165) is 11.3 Å². The monoisotopic (exact) mass is 352 g/mol. The maximum atomic E-state index is 12.3. The summed E-state index contributed by atoms with van der Waals surface area (Å²) in [4.78, 5) is 27.0. The van der Waals surface area contributed by atoms with Gasteiger partial charge in [-0.05, 0) is 30.2 Å². The van der Waals surface area contributed by atoms with Crippen molar-refractivity contribution in [2.75, 3.05) is 11.9 Å². The highest BCUT2D eigenvalue weighted by molar-refractivity contribution is 7.13. The van der Waals surface area contributed by atoms with Crippen LogP contribution in [0.5, 0.6) is 5.75 Å². The van der Waals surface area contributed by atoms with E-state index in [9.17, 15) is 9.59 Å². The van der Waals surface area contributed by atoms with Gasteiger partial charge in [-0.2, -0.15) is 0 Å². The SMILES string of the molecule is O=C(O)Cc1csc(NC(=O)[C@@H]2COc3ccc(Cl)cc3C2)n1. The number of anilines is 1. The Bertz CT molecular complexity index is 762. The van der Waals surface area contributed by atoms with Crippen LogP contribution < -0.4 is 10.1 Å². The number of carboxylic acids is 1. The molecule has 0 saturated carbocycles. The molecule has 2 heterocycles. The third-order valence-corrected chi connectivity index (χ3v) is 4.46. The zero-order chi connectivity index (χ0) is 16.4. The summed E-state index contributed by atoms with van der Waals surface area (Å²) in [6, 6.07) is 5.34. The predicted molar refractivity (Wildman–Crippen MR) is 86.2 cm³/mol. The molecule has 0 radical (unpaired) electrons. The van der Waals surface area contributed by atoms with Gasteiger partial charge in [-0.1, -0.05) is 11.6 Å². The molecule has 6 nitrogen and oxygen atoms in total. The van der Waals surface area contributed by atoms with Crippen molar-refractivity contribution in [2.24, 2.45) is 5.92 Å². The summed E-state index contributed by atoms with van der Waals surface area (Å²) in [5, 5.41) is 14.1. The molecular formula is C15H13ClN2O4S. The summed E-state index contributed by atoms with van der Waals surface area (Å²) in [6.45, 7) is 0.286. The second kappa shape index (κ2) is 6.55. The Balaban J connectivity index is 1.65. The Morgan fingerprint density at radius 2 is 2.30 bits per heavy atom. The molecule has 0 aliphatic carbocycles. The zero-order valence-electron chi connectivity index (χ0n) is 11.9. The number of ether oxygens (including phenoxy) is 1. The van der Waals surface area contributed by atoms with E-state index in [1.165, 1.54) is 11.3 Å². The second-order valence-corrected chi connectivity index (χ2v) is 6.46. The molecule has 23 heavy (non-hydrogen) atoms. The minimum Gasteiger partial charge on any atom is -0.492 e. The molecule has 1 aromatic heterocycles. The third-order valence-electron chi connectivity index (χ3n) is 3.41. The number of halogens is 1. The molecule has 120 valence electrons. The number of benzene rings is 1. The van der Waals surface area contributed by atoms with E-state index in [0.29, 0.717) is 22.3 Å². The van der Waals surface area contributed by atoms with Crippen LogP contribution in [0, 0.1) is 5.92 Å². The van der Waals surface area contributed by atoms with E-state index in [-0.39, 0.29) is 24.9 Å². The molecule has 0 fully saturated rings. The molecule has 2 N–H and O–H groups in total. The summed E-state index contributed by atoms with van der Waals surface area (Å²) < 4.78 is 5.59. The molecule has 8 heteroatoms. The molecule has 0 unspecified atom stereocenters. The van der Waals surface area contributed by atoms with Crippen molar-refractivity contribution in [3.05, 3.63) is 39.9 Å². The second-order valence-electron chi connectivity index (χ2n) is 5.17. The number of carbonyl (C=O) groups excluding carboxylic acids is 1. The van der Waals surface area contributed by atoms with Crippen LogP contribution in [-0.2, 0) is 22.4 Å². The zero-order valence-corrected chi connectivity index (χ0v) is 13.5. The van der Waals surface area contributed by atoms with Gasteiger partial charge in [0, 0.05) is 10.4 Å². The van der Waals surface area contributed by atoms with Gasteiger partial charge in [0.15, 0.2) is 5.13 Å². The third kappa shape index (κ3) is 3.80. The summed E-state index contributed by atoms with van der Waals surface area (Å²) in [5.74, 6) is -0.751. The number of hydrogen-bond donors (Lipinski definition) is 2. The van der Waals surface area contributed by atoms with E-state index in [1.54, 1.807) is 23.6 Å². The summed E-state index contributed by atoms with van der Waals surface area (Å²) >= 11 is 7.17. The largest absolute Gasteiger partial charge is 0.492 e. The maximum Gasteiger partial charge on any atom is 0.309 e. The Morgan fingerprint density at radius 1 is 1.48 bits per heavy atom. The standard InChI is InChI=1S/C15H13ClN2O4S/c16-10-1-2-12-8(4-10)3-9(6-22-12)14(21)18-15-17-11(7-23-15)5-13(19)20/h1-2,4,7,9H,3,5-6H2,(H,19,20)(H,17,18,21)/t9-/m0/s1. The normalized spacial score (nSPS) is 16.3. The van der Waals surface area contributed by atoms with E-state index in [1.807, 2.05) is 0 Å². The van der Waals surface area contributed by atoms with E-state index >= 15 is 0 Å². The molecule has 1 aliphatic rings. The van der Waals surface area contributed by atoms with Crippen LogP contribution >= 0.6 is 22.9 Å². The predicted octanol–water partition coefficient (Wildman–Crippen LogP) is 2.61. The number of carbonyl (C=O) groups is 2. The first-order valence-corrected chi connectivity index (χ1v) is 8.15. The highest BCUT2D eigenvalue weighted by Gasteiger charge is 2.26. The Hall–Kier alpha value is -2.12. The van der Waals surface area contributed by atoms with Crippen LogP contribution in [0.1, 0.15) is 11.3 Å². The van der Waals surface area contributed by atoms with E-state index < -0.39 is 5.97 Å². The maximum absolute atomic E-state index is 12.3. The number of nitrogens with one attached hydrogen (secondary N) is 1. The molecule has 1 atom stereocenters. The topological polar surface area (TPSA) is 88.5 Å². The lowest BCUT2D eigenvalue weighted by atomic mass is 9.96. The number of aromatic nitrogens is 1. The molecule has 2 aromatic rings. The van der Waals surface area contributed by atoms with Crippen molar-refractivity contribution in [1.82, 2.24) is 4.98 Å². The molecule has 0 bridgehead atoms. The minimum atomic E-state index is -0.956. The van der Waals surface area contributed by atoms with Crippen LogP contribution in [0.2, 0.25) is 5.02 Å². The molecule has 0 saturated heterocycles. The fourth-order valence-corrected chi connectivity index (χ4v) is 3.25. The van der Waals surface area contributed by atoms with Crippen LogP contribution in [0.3, 0.4) is 0 Å². The highest BCUT2D eigenvalue weighted by Crippen LogP contribution is 2.30.